The van der Waals surface area contributed by atoms with Gasteiger partial charge in [-0.2, -0.15) is 0 Å². The number of hydrogen-bond acceptors (Lipinski definition) is 1. The summed E-state index contributed by atoms with van der Waals surface area (Å²) >= 11 is 0. The third kappa shape index (κ3) is 5.90. The Balaban J connectivity index is 0.000000263. The molecule has 144 valence electrons. The summed E-state index contributed by atoms with van der Waals surface area (Å²) in [6.07, 6.45) is 2.44. The Labute approximate surface area is 161 Å². The van der Waals surface area contributed by atoms with Crippen molar-refractivity contribution in [2.45, 2.75) is 80.1 Å². The smallest absolute Gasteiger partial charge is 0.125 e. The Bertz CT molecular complexity index is 672. The maximum Gasteiger partial charge on any atom is 0.125 e. The number of para-hydroxylation sites is 1. The van der Waals surface area contributed by atoms with Crippen molar-refractivity contribution in [1.29, 1.82) is 0 Å². The van der Waals surface area contributed by atoms with Gasteiger partial charge in [0.05, 0.1) is 7.11 Å². The van der Waals surface area contributed by atoms with Gasteiger partial charge in [-0.25, -0.2) is 0 Å². The van der Waals surface area contributed by atoms with E-state index in [9.17, 15) is 0 Å². The minimum Gasteiger partial charge on any atom is -0.496 e. The van der Waals surface area contributed by atoms with Crippen molar-refractivity contribution in [1.82, 2.24) is 0 Å². The molecule has 0 fully saturated rings. The fourth-order valence-corrected chi connectivity index (χ4v) is 3.82. The Hall–Kier alpha value is -1.76. The zero-order chi connectivity index (χ0) is 19.9. The van der Waals surface area contributed by atoms with Crippen molar-refractivity contribution in [2.24, 2.45) is 0 Å². The predicted octanol–water partition coefficient (Wildman–Crippen LogP) is 7.51. The quantitative estimate of drug-likeness (QED) is 0.540. The van der Waals surface area contributed by atoms with Gasteiger partial charge in [-0.1, -0.05) is 71.4 Å². The molecule has 0 aromatic heterocycles. The monoisotopic (exact) mass is 354 g/mol. The van der Waals surface area contributed by atoms with E-state index >= 15 is 0 Å². The molecule has 0 spiro atoms. The van der Waals surface area contributed by atoms with E-state index in [1.807, 2.05) is 0 Å². The molecule has 0 bridgehead atoms. The van der Waals surface area contributed by atoms with Gasteiger partial charge in [-0.05, 0) is 72.4 Å². The summed E-state index contributed by atoms with van der Waals surface area (Å²) in [5, 5.41) is 0. The average molecular weight is 355 g/mol. The van der Waals surface area contributed by atoms with Gasteiger partial charge in [0.2, 0.25) is 0 Å². The first-order valence-corrected chi connectivity index (χ1v) is 9.96. The zero-order valence-corrected chi connectivity index (χ0v) is 18.4. The van der Waals surface area contributed by atoms with E-state index in [0.717, 1.165) is 5.75 Å². The lowest BCUT2D eigenvalue weighted by molar-refractivity contribution is 0.404. The fourth-order valence-electron chi connectivity index (χ4n) is 3.82. The molecule has 2 rings (SSSR count). The van der Waals surface area contributed by atoms with Crippen LogP contribution in [0.5, 0.6) is 5.75 Å². The highest BCUT2D eigenvalue weighted by Crippen LogP contribution is 2.29. The van der Waals surface area contributed by atoms with E-state index < -0.39 is 0 Å². The highest BCUT2D eigenvalue weighted by atomic mass is 16.5. The lowest BCUT2D eigenvalue weighted by atomic mass is 9.90. The van der Waals surface area contributed by atoms with Crippen molar-refractivity contribution >= 4 is 0 Å². The first-order valence-electron chi connectivity index (χ1n) is 9.96. The van der Waals surface area contributed by atoms with Gasteiger partial charge in [0.15, 0.2) is 0 Å². The van der Waals surface area contributed by atoms with Crippen LogP contribution in [0, 0.1) is 20.8 Å². The molecule has 2 aromatic carbocycles. The van der Waals surface area contributed by atoms with Crippen molar-refractivity contribution in [3.63, 3.8) is 0 Å². The third-order valence-corrected chi connectivity index (χ3v) is 4.84. The van der Waals surface area contributed by atoms with Crippen LogP contribution in [-0.2, 0) is 6.42 Å². The maximum atomic E-state index is 5.34. The Morgan fingerprint density at radius 3 is 1.81 bits per heavy atom. The molecule has 0 atom stereocenters. The molecule has 0 aliphatic carbocycles. The Morgan fingerprint density at radius 2 is 1.42 bits per heavy atom. The van der Waals surface area contributed by atoms with Gasteiger partial charge < -0.3 is 4.74 Å². The molecule has 0 aliphatic rings. The summed E-state index contributed by atoms with van der Waals surface area (Å²) in [7, 11) is 1.73. The molecule has 1 nitrogen and oxygen atoms in total. The molecule has 0 radical (unpaired) electrons. The van der Waals surface area contributed by atoms with E-state index in [-0.39, 0.29) is 0 Å². The molecular weight excluding hydrogens is 316 g/mol. The van der Waals surface area contributed by atoms with Crippen LogP contribution in [0.2, 0.25) is 0 Å². The van der Waals surface area contributed by atoms with Crippen LogP contribution >= 0.6 is 0 Å². The Morgan fingerprint density at radius 1 is 0.846 bits per heavy atom. The van der Waals surface area contributed by atoms with E-state index in [2.05, 4.69) is 85.7 Å². The average Bonchev–Trinajstić information content (AvgIpc) is 2.54. The second-order valence-corrected chi connectivity index (χ2v) is 7.90. The highest BCUT2D eigenvalue weighted by molar-refractivity contribution is 5.42. The zero-order valence-electron chi connectivity index (χ0n) is 18.4. The number of ether oxygens (including phenoxy) is 1. The van der Waals surface area contributed by atoms with Crippen molar-refractivity contribution in [2.75, 3.05) is 7.11 Å². The summed E-state index contributed by atoms with van der Waals surface area (Å²) in [6.45, 7) is 17.7. The van der Waals surface area contributed by atoms with Gasteiger partial charge >= 0.3 is 0 Å². The van der Waals surface area contributed by atoms with E-state index in [0.29, 0.717) is 11.8 Å². The number of aryl methyl sites for hydroxylation is 4. The molecule has 2 aromatic rings. The molecule has 0 saturated carbocycles. The molecule has 0 heterocycles. The van der Waals surface area contributed by atoms with E-state index in [4.69, 9.17) is 4.74 Å². The molecule has 0 N–H and O–H groups in total. The molecule has 0 amide bonds. The van der Waals surface area contributed by atoms with Crippen LogP contribution in [0.1, 0.15) is 86.3 Å². The normalized spacial score (nSPS) is 10.7. The van der Waals surface area contributed by atoms with Gasteiger partial charge in [-0.15, -0.1) is 0 Å². The fraction of sp³-hybridized carbons (Fsp3) is 0.520. The van der Waals surface area contributed by atoms with Crippen molar-refractivity contribution in [3.8, 4) is 5.75 Å². The number of hydrogen-bond donors (Lipinski definition) is 0. The first kappa shape index (κ1) is 22.3. The maximum absolute atomic E-state index is 5.34. The third-order valence-electron chi connectivity index (χ3n) is 4.84. The van der Waals surface area contributed by atoms with Crippen LogP contribution in [-0.4, -0.2) is 7.11 Å². The summed E-state index contributed by atoms with van der Waals surface area (Å²) in [5.41, 5.74) is 8.45. The lowest BCUT2D eigenvalue weighted by Crippen LogP contribution is -1.98. The van der Waals surface area contributed by atoms with Gasteiger partial charge in [0.1, 0.15) is 5.75 Å². The molecular formula is C25H38O. The Kier molecular flexibility index (Phi) is 8.92. The summed E-state index contributed by atoms with van der Waals surface area (Å²) in [4.78, 5) is 0. The molecule has 0 aliphatic heterocycles. The minimum atomic E-state index is 0.528. The van der Waals surface area contributed by atoms with Crippen LogP contribution in [0.4, 0.5) is 0 Å². The van der Waals surface area contributed by atoms with E-state index in [1.165, 1.54) is 46.2 Å². The summed E-state index contributed by atoms with van der Waals surface area (Å²) in [5.74, 6) is 2.21. The van der Waals surface area contributed by atoms with Gasteiger partial charge in [0.25, 0.3) is 0 Å². The topological polar surface area (TPSA) is 9.23 Å². The van der Waals surface area contributed by atoms with Crippen molar-refractivity contribution in [3.05, 3.63) is 63.7 Å². The van der Waals surface area contributed by atoms with Crippen LogP contribution in [0.15, 0.2) is 30.3 Å². The standard InChI is InChI=1S/C14H22.C11H16O/c1-6-7-13-8-11(4)14(10(2)3)12(5)9-13;1-8(2)10-7-5-6-9(3)11(10)12-4/h8-10H,6-7H2,1-5H3;5-8H,1-4H3. The number of methoxy groups -OCH3 is 1. The molecule has 1 heteroatoms. The SMILES string of the molecule is CCCc1cc(C)c(C(C)C)c(C)c1.COc1c(C)cccc1C(C)C. The highest BCUT2D eigenvalue weighted by Gasteiger charge is 2.08. The van der Waals surface area contributed by atoms with E-state index in [1.54, 1.807) is 7.11 Å². The largest absolute Gasteiger partial charge is 0.496 e. The van der Waals surface area contributed by atoms with Crippen LogP contribution < -0.4 is 4.74 Å². The lowest BCUT2D eigenvalue weighted by Gasteiger charge is -2.15. The first-order chi connectivity index (χ1) is 12.2. The van der Waals surface area contributed by atoms with Gasteiger partial charge in [-0.3, -0.25) is 0 Å². The second kappa shape index (κ2) is 10.4. The number of rotatable bonds is 5. The van der Waals surface area contributed by atoms with Crippen molar-refractivity contribution < 1.29 is 4.74 Å². The van der Waals surface area contributed by atoms with Crippen LogP contribution in [0.25, 0.3) is 0 Å². The summed E-state index contributed by atoms with van der Waals surface area (Å²) < 4.78 is 5.34. The van der Waals surface area contributed by atoms with Crippen LogP contribution in [0.3, 0.4) is 0 Å². The molecule has 0 saturated heterocycles. The van der Waals surface area contributed by atoms with Gasteiger partial charge in [0, 0.05) is 0 Å². The minimum absolute atomic E-state index is 0.528. The summed E-state index contributed by atoms with van der Waals surface area (Å²) in [6, 6.07) is 11.0. The second-order valence-electron chi connectivity index (χ2n) is 7.90. The molecule has 26 heavy (non-hydrogen) atoms. The number of benzene rings is 2. The molecule has 0 unspecified atom stereocenters. The predicted molar refractivity (Wildman–Crippen MR) is 116 cm³/mol.